The number of thiocyanates is 1. The zero-order valence-electron chi connectivity index (χ0n) is 15.4. The molecule has 29 heavy (non-hydrogen) atoms. The number of nitriles is 1. The third kappa shape index (κ3) is 3.82. The fourth-order valence-electron chi connectivity index (χ4n) is 3.43. The van der Waals surface area contributed by atoms with Gasteiger partial charge in [0.1, 0.15) is 10.8 Å². The zero-order chi connectivity index (χ0) is 20.2. The highest BCUT2D eigenvalue weighted by Gasteiger charge is 2.41. The van der Waals surface area contributed by atoms with Crippen LogP contribution in [0.3, 0.4) is 0 Å². The summed E-state index contributed by atoms with van der Waals surface area (Å²) in [5.74, 6) is -0.649. The molecule has 4 rings (SSSR count). The largest absolute Gasteiger partial charge is 0.269 e. The Kier molecular flexibility index (Phi) is 5.76. The van der Waals surface area contributed by atoms with Crippen LogP contribution in [-0.4, -0.2) is 28.3 Å². The van der Waals surface area contributed by atoms with E-state index in [-0.39, 0.29) is 11.8 Å². The van der Waals surface area contributed by atoms with Crippen LogP contribution in [0.5, 0.6) is 0 Å². The van der Waals surface area contributed by atoms with Crippen LogP contribution in [0.1, 0.15) is 20.7 Å². The summed E-state index contributed by atoms with van der Waals surface area (Å²) in [5.41, 5.74) is 0.814. The monoisotopic (exact) mass is 416 g/mol. The van der Waals surface area contributed by atoms with Crippen LogP contribution < -0.4 is 10.6 Å². The van der Waals surface area contributed by atoms with Crippen molar-refractivity contribution in [2.45, 2.75) is 5.37 Å². The highest BCUT2D eigenvalue weighted by atomic mass is 32.2. The van der Waals surface area contributed by atoms with Gasteiger partial charge in [-0.1, -0.05) is 72.8 Å². The predicted octanol–water partition coefficient (Wildman–Crippen LogP) is 3.96. The Bertz CT molecular complexity index is 1010. The summed E-state index contributed by atoms with van der Waals surface area (Å²) >= 11 is 0.975. The van der Waals surface area contributed by atoms with Crippen molar-refractivity contribution in [3.05, 3.63) is 96.1 Å². The lowest BCUT2D eigenvalue weighted by Gasteiger charge is -2.28. The first-order chi connectivity index (χ1) is 14.2. The predicted molar refractivity (Wildman–Crippen MR) is 118 cm³/mol. The van der Waals surface area contributed by atoms with Crippen LogP contribution in [0.2, 0.25) is 0 Å². The number of amides is 2. The maximum Gasteiger partial charge on any atom is 0.262 e. The van der Waals surface area contributed by atoms with E-state index >= 15 is 0 Å². The molecule has 0 saturated carbocycles. The van der Waals surface area contributed by atoms with Crippen molar-refractivity contribution in [1.82, 2.24) is 4.90 Å². The van der Waals surface area contributed by atoms with Crippen LogP contribution in [0, 0.1) is 10.7 Å². The van der Waals surface area contributed by atoms with Gasteiger partial charge in [0.15, 0.2) is 0 Å². The number of imide groups is 1. The molecule has 0 saturated heterocycles. The van der Waals surface area contributed by atoms with Crippen molar-refractivity contribution in [1.29, 1.82) is 5.26 Å². The third-order valence-corrected chi connectivity index (χ3v) is 8.33. The number of rotatable bonds is 6. The molecule has 2 amide bonds. The minimum atomic E-state index is -0.850. The maximum atomic E-state index is 13.0. The van der Waals surface area contributed by atoms with Gasteiger partial charge in [-0.05, 0) is 42.4 Å². The highest BCUT2D eigenvalue weighted by Crippen LogP contribution is 2.40. The fourth-order valence-corrected chi connectivity index (χ4v) is 6.86. The molecule has 3 aromatic carbocycles. The average molecular weight is 416 g/mol. The number of carbonyl (C=O) groups is 2. The summed E-state index contributed by atoms with van der Waals surface area (Å²) in [7, 11) is -0.850. The number of hydrogen-bond donors (Lipinski definition) is 0. The maximum absolute atomic E-state index is 13.0. The molecule has 1 atom stereocenters. The van der Waals surface area contributed by atoms with Crippen LogP contribution in [0.4, 0.5) is 0 Å². The quantitative estimate of drug-likeness (QED) is 0.347. The van der Waals surface area contributed by atoms with Crippen molar-refractivity contribution in [2.75, 3.05) is 6.16 Å². The molecule has 0 aliphatic carbocycles. The third-order valence-electron chi connectivity index (χ3n) is 4.78. The Hall–Kier alpha value is -2.93. The summed E-state index contributed by atoms with van der Waals surface area (Å²) in [6.07, 6.45) is 0.521. The van der Waals surface area contributed by atoms with Gasteiger partial charge in [-0.2, -0.15) is 5.26 Å². The summed E-state index contributed by atoms with van der Waals surface area (Å²) in [5, 5.41) is 13.3. The van der Waals surface area contributed by atoms with Gasteiger partial charge in [0, 0.05) is 6.16 Å². The number of benzene rings is 3. The SMILES string of the molecule is N#CSC(CP(c1ccccc1)c1ccccc1)N1C(=O)c2ccccc2C1=O. The van der Waals surface area contributed by atoms with Crippen molar-refractivity contribution in [3.63, 3.8) is 0 Å². The molecule has 3 aromatic rings. The second-order valence-electron chi connectivity index (χ2n) is 6.47. The molecule has 142 valence electrons. The van der Waals surface area contributed by atoms with Gasteiger partial charge in [-0.25, -0.2) is 0 Å². The topological polar surface area (TPSA) is 61.2 Å². The van der Waals surface area contributed by atoms with Gasteiger partial charge in [-0.15, -0.1) is 0 Å². The second-order valence-corrected chi connectivity index (χ2v) is 9.69. The summed E-state index contributed by atoms with van der Waals surface area (Å²) < 4.78 is 0. The number of hydrogen-bond acceptors (Lipinski definition) is 4. The van der Waals surface area contributed by atoms with E-state index in [9.17, 15) is 14.9 Å². The second kappa shape index (κ2) is 8.61. The smallest absolute Gasteiger partial charge is 0.262 e. The Balaban J connectivity index is 1.71. The van der Waals surface area contributed by atoms with Crippen LogP contribution in [0.15, 0.2) is 84.9 Å². The Morgan fingerprint density at radius 2 is 1.24 bits per heavy atom. The molecule has 0 N–H and O–H groups in total. The van der Waals surface area contributed by atoms with Gasteiger partial charge < -0.3 is 0 Å². The van der Waals surface area contributed by atoms with Crippen LogP contribution >= 0.6 is 19.7 Å². The van der Waals surface area contributed by atoms with E-state index in [1.807, 2.05) is 36.4 Å². The molecular formula is C23H17N2O2PS. The van der Waals surface area contributed by atoms with E-state index in [4.69, 9.17) is 0 Å². The van der Waals surface area contributed by atoms with Gasteiger partial charge in [0.25, 0.3) is 11.8 Å². The first kappa shape index (κ1) is 19.4. The van der Waals surface area contributed by atoms with E-state index in [0.29, 0.717) is 17.3 Å². The van der Waals surface area contributed by atoms with Crippen molar-refractivity contribution >= 4 is 42.1 Å². The lowest BCUT2D eigenvalue weighted by Crippen LogP contribution is -2.40. The standard InChI is InChI=1S/C23H17N2O2PS/c24-16-29-21(25-22(26)19-13-7-8-14-20(19)23(25)27)15-28(17-9-3-1-4-10-17)18-11-5-2-6-12-18/h1-14,21H,15H2. The van der Waals surface area contributed by atoms with Gasteiger partial charge >= 0.3 is 0 Å². The van der Waals surface area contributed by atoms with Crippen molar-refractivity contribution in [3.8, 4) is 5.40 Å². The molecule has 6 heteroatoms. The van der Waals surface area contributed by atoms with Gasteiger partial charge in [-0.3, -0.25) is 14.5 Å². The molecular weight excluding hydrogens is 399 g/mol. The number of fused-ring (bicyclic) bond motifs is 1. The lowest BCUT2D eigenvalue weighted by atomic mass is 10.1. The molecule has 1 heterocycles. The Morgan fingerprint density at radius 1 is 0.793 bits per heavy atom. The molecule has 4 nitrogen and oxygen atoms in total. The minimum Gasteiger partial charge on any atom is -0.269 e. The molecule has 0 bridgehead atoms. The van der Waals surface area contributed by atoms with E-state index < -0.39 is 13.3 Å². The van der Waals surface area contributed by atoms with E-state index in [1.54, 1.807) is 24.3 Å². The first-order valence-corrected chi connectivity index (χ1v) is 11.5. The minimum absolute atomic E-state index is 0.325. The first-order valence-electron chi connectivity index (χ1n) is 9.10. The highest BCUT2D eigenvalue weighted by molar-refractivity contribution is 8.04. The van der Waals surface area contributed by atoms with Gasteiger partial charge in [0.05, 0.1) is 11.1 Å². The average Bonchev–Trinajstić information content (AvgIpc) is 3.03. The molecule has 1 aliphatic heterocycles. The summed E-state index contributed by atoms with van der Waals surface area (Å²) in [4.78, 5) is 27.2. The van der Waals surface area contributed by atoms with Crippen LogP contribution in [0.25, 0.3) is 0 Å². The Labute approximate surface area is 174 Å². The van der Waals surface area contributed by atoms with E-state index in [1.165, 1.54) is 4.90 Å². The number of nitrogens with zero attached hydrogens (tertiary/aromatic N) is 2. The number of carbonyl (C=O) groups excluding carboxylic acids is 2. The van der Waals surface area contributed by atoms with Crippen molar-refractivity contribution < 1.29 is 9.59 Å². The van der Waals surface area contributed by atoms with Crippen molar-refractivity contribution in [2.24, 2.45) is 0 Å². The van der Waals surface area contributed by atoms with E-state index in [0.717, 1.165) is 22.4 Å². The molecule has 0 spiro atoms. The molecule has 0 aromatic heterocycles. The van der Waals surface area contributed by atoms with E-state index in [2.05, 4.69) is 29.7 Å². The molecule has 0 fully saturated rings. The number of thioether (sulfide) groups is 1. The molecule has 1 unspecified atom stereocenters. The molecule has 0 radical (unpaired) electrons. The fraction of sp³-hybridized carbons (Fsp3) is 0.0870. The van der Waals surface area contributed by atoms with Gasteiger partial charge in [0.2, 0.25) is 0 Å². The molecule has 1 aliphatic rings. The summed E-state index contributed by atoms with van der Waals surface area (Å²) in [6, 6.07) is 27.0. The summed E-state index contributed by atoms with van der Waals surface area (Å²) in [6.45, 7) is 0. The van der Waals surface area contributed by atoms with Crippen LogP contribution in [-0.2, 0) is 0 Å². The lowest BCUT2D eigenvalue weighted by molar-refractivity contribution is 0.0648. The Morgan fingerprint density at radius 3 is 1.69 bits per heavy atom. The normalized spacial score (nSPS) is 14.0. The zero-order valence-corrected chi connectivity index (χ0v) is 17.1.